The van der Waals surface area contributed by atoms with E-state index in [9.17, 15) is 9.18 Å². The lowest BCUT2D eigenvalue weighted by atomic mass is 9.79. The summed E-state index contributed by atoms with van der Waals surface area (Å²) in [4.78, 5) is 12.6. The molecule has 2 aromatic carbocycles. The molecule has 1 aliphatic rings. The van der Waals surface area contributed by atoms with Crippen LogP contribution in [0.15, 0.2) is 46.9 Å². The Labute approximate surface area is 132 Å². The van der Waals surface area contributed by atoms with Gasteiger partial charge in [-0.2, -0.15) is 0 Å². The molecule has 0 N–H and O–H groups in total. The zero-order valence-corrected chi connectivity index (χ0v) is 13.2. The second kappa shape index (κ2) is 6.10. The van der Waals surface area contributed by atoms with Crippen LogP contribution < -0.4 is 0 Å². The van der Waals surface area contributed by atoms with Crippen LogP contribution in [0.2, 0.25) is 0 Å². The Morgan fingerprint density at radius 3 is 2.86 bits per heavy atom. The van der Waals surface area contributed by atoms with Crippen LogP contribution in [0.25, 0.3) is 0 Å². The molecule has 0 saturated heterocycles. The highest BCUT2D eigenvalue weighted by Gasteiger charge is 2.26. The molecular weight excluding hydrogens is 331 g/mol. The SMILES string of the molecule is O=C(Cc1cc(F)cc(Br)c1)C1CCCc2ccccc21. The van der Waals surface area contributed by atoms with Crippen molar-refractivity contribution in [3.8, 4) is 0 Å². The van der Waals surface area contributed by atoms with Crippen LogP contribution in [0.3, 0.4) is 0 Å². The summed E-state index contributed by atoms with van der Waals surface area (Å²) in [6.45, 7) is 0. The lowest BCUT2D eigenvalue weighted by molar-refractivity contribution is -0.120. The van der Waals surface area contributed by atoms with Crippen LogP contribution in [-0.4, -0.2) is 5.78 Å². The summed E-state index contributed by atoms with van der Waals surface area (Å²) in [5.41, 5.74) is 3.17. The number of hydrogen-bond donors (Lipinski definition) is 0. The fraction of sp³-hybridized carbons (Fsp3) is 0.278. The van der Waals surface area contributed by atoms with E-state index in [4.69, 9.17) is 0 Å². The molecule has 1 atom stereocenters. The molecule has 2 aromatic rings. The molecule has 1 unspecified atom stereocenters. The van der Waals surface area contributed by atoms with Crippen molar-refractivity contribution >= 4 is 21.7 Å². The number of halogens is 2. The zero-order chi connectivity index (χ0) is 14.8. The molecule has 0 fully saturated rings. The third-order valence-electron chi connectivity index (χ3n) is 4.06. The van der Waals surface area contributed by atoms with E-state index in [1.54, 1.807) is 0 Å². The van der Waals surface area contributed by atoms with Gasteiger partial charge >= 0.3 is 0 Å². The van der Waals surface area contributed by atoms with Gasteiger partial charge in [0.1, 0.15) is 11.6 Å². The summed E-state index contributed by atoms with van der Waals surface area (Å²) in [6.07, 6.45) is 3.27. The Bertz CT molecular complexity index is 660. The highest BCUT2D eigenvalue weighted by Crippen LogP contribution is 2.33. The van der Waals surface area contributed by atoms with E-state index in [2.05, 4.69) is 28.1 Å². The number of carbonyl (C=O) groups is 1. The summed E-state index contributed by atoms with van der Waals surface area (Å²) in [5.74, 6) is -0.173. The lowest BCUT2D eigenvalue weighted by Gasteiger charge is -2.24. The van der Waals surface area contributed by atoms with Gasteiger partial charge in [0, 0.05) is 16.8 Å². The number of fused-ring (bicyclic) bond motifs is 1. The predicted octanol–water partition coefficient (Wildman–Crippen LogP) is 4.82. The van der Waals surface area contributed by atoms with Crippen LogP contribution in [0.1, 0.15) is 35.4 Å². The average molecular weight is 347 g/mol. The van der Waals surface area contributed by atoms with Gasteiger partial charge in [0.15, 0.2) is 0 Å². The van der Waals surface area contributed by atoms with Crippen LogP contribution in [0.5, 0.6) is 0 Å². The molecule has 0 saturated carbocycles. The summed E-state index contributed by atoms with van der Waals surface area (Å²) in [5, 5.41) is 0. The van der Waals surface area contributed by atoms with Crippen molar-refractivity contribution in [2.75, 3.05) is 0 Å². The van der Waals surface area contributed by atoms with Crippen molar-refractivity contribution < 1.29 is 9.18 Å². The van der Waals surface area contributed by atoms with Crippen molar-refractivity contribution in [1.29, 1.82) is 0 Å². The number of benzene rings is 2. The van der Waals surface area contributed by atoms with Crippen LogP contribution >= 0.6 is 15.9 Å². The minimum Gasteiger partial charge on any atom is -0.299 e. The van der Waals surface area contributed by atoms with Gasteiger partial charge in [-0.15, -0.1) is 0 Å². The molecule has 0 amide bonds. The van der Waals surface area contributed by atoms with Gasteiger partial charge in [0.05, 0.1) is 0 Å². The highest BCUT2D eigenvalue weighted by atomic mass is 79.9. The quantitative estimate of drug-likeness (QED) is 0.778. The number of carbonyl (C=O) groups excluding carboxylic acids is 1. The van der Waals surface area contributed by atoms with Crippen molar-refractivity contribution in [3.63, 3.8) is 0 Å². The van der Waals surface area contributed by atoms with Gasteiger partial charge in [-0.05, 0) is 54.2 Å². The van der Waals surface area contributed by atoms with Gasteiger partial charge in [0.25, 0.3) is 0 Å². The fourth-order valence-electron chi connectivity index (χ4n) is 3.13. The van der Waals surface area contributed by atoms with Gasteiger partial charge in [0.2, 0.25) is 0 Å². The van der Waals surface area contributed by atoms with Gasteiger partial charge < -0.3 is 0 Å². The number of hydrogen-bond acceptors (Lipinski definition) is 1. The molecule has 1 aliphatic carbocycles. The van der Waals surface area contributed by atoms with E-state index in [-0.39, 0.29) is 23.9 Å². The van der Waals surface area contributed by atoms with Gasteiger partial charge in [-0.25, -0.2) is 4.39 Å². The van der Waals surface area contributed by atoms with Crippen molar-refractivity contribution in [2.45, 2.75) is 31.6 Å². The molecule has 3 rings (SSSR count). The molecule has 0 bridgehead atoms. The monoisotopic (exact) mass is 346 g/mol. The molecule has 0 spiro atoms. The van der Waals surface area contributed by atoms with E-state index < -0.39 is 0 Å². The van der Waals surface area contributed by atoms with E-state index in [1.807, 2.05) is 18.2 Å². The highest BCUT2D eigenvalue weighted by molar-refractivity contribution is 9.10. The normalized spacial score (nSPS) is 17.3. The molecule has 1 nitrogen and oxygen atoms in total. The van der Waals surface area contributed by atoms with E-state index >= 15 is 0 Å². The maximum absolute atomic E-state index is 13.4. The van der Waals surface area contributed by atoms with Gasteiger partial charge in [-0.3, -0.25) is 4.79 Å². The van der Waals surface area contributed by atoms with Crippen molar-refractivity contribution in [2.24, 2.45) is 0 Å². The van der Waals surface area contributed by atoms with Crippen molar-refractivity contribution in [1.82, 2.24) is 0 Å². The average Bonchev–Trinajstić information content (AvgIpc) is 2.45. The fourth-order valence-corrected chi connectivity index (χ4v) is 3.64. The molecule has 21 heavy (non-hydrogen) atoms. The van der Waals surface area contributed by atoms with E-state index in [0.29, 0.717) is 4.47 Å². The number of Topliss-reactive ketones (excluding diaryl/α,β-unsaturated/α-hetero) is 1. The predicted molar refractivity (Wildman–Crippen MR) is 84.9 cm³/mol. The topological polar surface area (TPSA) is 17.1 Å². The minimum absolute atomic E-state index is 0.0445. The molecule has 3 heteroatoms. The first-order chi connectivity index (χ1) is 10.1. The maximum Gasteiger partial charge on any atom is 0.144 e. The first-order valence-corrected chi connectivity index (χ1v) is 7.98. The minimum atomic E-state index is -0.309. The number of ketones is 1. The van der Waals surface area contributed by atoms with Crippen molar-refractivity contribution in [3.05, 3.63) is 69.4 Å². The lowest BCUT2D eigenvalue weighted by Crippen LogP contribution is -2.20. The summed E-state index contributed by atoms with van der Waals surface area (Å²) >= 11 is 3.27. The van der Waals surface area contributed by atoms with Crippen LogP contribution in [0.4, 0.5) is 4.39 Å². The third kappa shape index (κ3) is 3.24. The van der Waals surface area contributed by atoms with Crippen LogP contribution in [0, 0.1) is 5.82 Å². The molecule has 108 valence electrons. The summed E-state index contributed by atoms with van der Waals surface area (Å²) < 4.78 is 14.1. The second-order valence-electron chi connectivity index (χ2n) is 5.56. The Kier molecular flexibility index (Phi) is 4.20. The largest absolute Gasteiger partial charge is 0.299 e. The maximum atomic E-state index is 13.4. The Morgan fingerprint density at radius 1 is 1.24 bits per heavy atom. The summed E-state index contributed by atoms with van der Waals surface area (Å²) in [6, 6.07) is 12.8. The van der Waals surface area contributed by atoms with E-state index in [0.717, 1.165) is 30.4 Å². The molecular formula is C18H16BrFO. The zero-order valence-electron chi connectivity index (χ0n) is 11.6. The first kappa shape index (κ1) is 14.5. The summed E-state index contributed by atoms with van der Waals surface area (Å²) in [7, 11) is 0. The smallest absolute Gasteiger partial charge is 0.144 e. The van der Waals surface area contributed by atoms with Crippen LogP contribution in [-0.2, 0) is 17.6 Å². The standard InChI is InChI=1S/C18H16BrFO/c19-14-8-12(9-15(20)11-14)10-18(21)17-7-3-5-13-4-1-2-6-16(13)17/h1-2,4,6,8-9,11,17H,3,5,7,10H2. The number of rotatable bonds is 3. The second-order valence-corrected chi connectivity index (χ2v) is 6.48. The number of aryl methyl sites for hydroxylation is 1. The van der Waals surface area contributed by atoms with Gasteiger partial charge in [-0.1, -0.05) is 40.2 Å². The molecule has 0 heterocycles. The third-order valence-corrected chi connectivity index (χ3v) is 4.52. The Hall–Kier alpha value is -1.48. The molecule has 0 radical (unpaired) electrons. The molecule has 0 aromatic heterocycles. The Balaban J connectivity index is 1.83. The molecule has 0 aliphatic heterocycles. The van der Waals surface area contributed by atoms with E-state index in [1.165, 1.54) is 17.7 Å². The first-order valence-electron chi connectivity index (χ1n) is 7.19. The Morgan fingerprint density at radius 2 is 2.05 bits per heavy atom.